The number of ketones is 1. The molecule has 0 spiro atoms. The van der Waals surface area contributed by atoms with Gasteiger partial charge in [-0.3, -0.25) is 4.79 Å². The monoisotopic (exact) mass is 268 g/mol. The quantitative estimate of drug-likeness (QED) is 0.471. The first kappa shape index (κ1) is 13.3. The largest absolute Gasteiger partial charge is 0.294 e. The van der Waals surface area contributed by atoms with E-state index in [0.29, 0.717) is 17.7 Å². The van der Waals surface area contributed by atoms with Gasteiger partial charge in [0.05, 0.1) is 0 Å². The lowest BCUT2D eigenvalue weighted by atomic mass is 10.0. The molecule has 5 heteroatoms. The summed E-state index contributed by atoms with van der Waals surface area (Å²) in [5, 5.41) is 0. The Bertz CT molecular complexity index is 614. The molecule has 2 rings (SSSR count). The molecule has 0 atom stereocenters. The number of carbonyl (C=O) groups excluding carboxylic acids is 1. The number of rotatable bonds is 3. The molecule has 0 saturated carbocycles. The molecule has 0 aliphatic heterocycles. The van der Waals surface area contributed by atoms with Gasteiger partial charge in [0.2, 0.25) is 0 Å². The van der Waals surface area contributed by atoms with E-state index in [1.807, 2.05) is 0 Å². The van der Waals surface area contributed by atoms with Crippen molar-refractivity contribution < 1.29 is 22.4 Å². The Morgan fingerprint density at radius 2 is 1.58 bits per heavy atom. The van der Waals surface area contributed by atoms with Crippen molar-refractivity contribution in [1.29, 1.82) is 0 Å². The van der Waals surface area contributed by atoms with Crippen LogP contribution in [-0.4, -0.2) is 5.78 Å². The maximum Gasteiger partial charge on any atom is 0.194 e. The van der Waals surface area contributed by atoms with Crippen LogP contribution in [0.5, 0.6) is 0 Å². The molecular weight excluding hydrogens is 260 g/mol. The van der Waals surface area contributed by atoms with Crippen LogP contribution in [0.2, 0.25) is 0 Å². The highest BCUT2D eigenvalue weighted by Gasteiger charge is 2.15. The predicted octanol–water partition coefficient (Wildman–Crippen LogP) is 3.67. The van der Waals surface area contributed by atoms with Gasteiger partial charge < -0.3 is 0 Å². The van der Waals surface area contributed by atoms with Gasteiger partial charge in [0, 0.05) is 12.0 Å². The topological polar surface area (TPSA) is 17.1 Å². The second kappa shape index (κ2) is 5.22. The Morgan fingerprint density at radius 1 is 0.947 bits per heavy atom. The molecule has 1 nitrogen and oxygen atoms in total. The number of Topliss-reactive ketones (excluding diaryl/α,β-unsaturated/α-hetero) is 1. The van der Waals surface area contributed by atoms with Crippen LogP contribution < -0.4 is 0 Å². The van der Waals surface area contributed by atoms with E-state index in [1.165, 1.54) is 18.2 Å². The number of benzene rings is 2. The van der Waals surface area contributed by atoms with Crippen LogP contribution in [0.3, 0.4) is 0 Å². The molecule has 2 aromatic rings. The zero-order valence-corrected chi connectivity index (χ0v) is 9.59. The van der Waals surface area contributed by atoms with Crippen molar-refractivity contribution in [1.82, 2.24) is 0 Å². The number of halogens is 4. The zero-order chi connectivity index (χ0) is 14.0. The minimum absolute atomic E-state index is 0.220. The average Bonchev–Trinajstić information content (AvgIpc) is 2.35. The summed E-state index contributed by atoms with van der Waals surface area (Å²) in [5.41, 5.74) is 0.0794. The van der Waals surface area contributed by atoms with Crippen molar-refractivity contribution in [3.05, 3.63) is 70.8 Å². The second-order valence-electron chi connectivity index (χ2n) is 3.98. The van der Waals surface area contributed by atoms with E-state index < -0.39 is 29.1 Å². The first-order chi connectivity index (χ1) is 8.97. The van der Waals surface area contributed by atoms with Gasteiger partial charge in [-0.25, -0.2) is 17.6 Å². The van der Waals surface area contributed by atoms with Gasteiger partial charge in [0.15, 0.2) is 23.2 Å². The van der Waals surface area contributed by atoms with E-state index in [2.05, 4.69) is 0 Å². The highest BCUT2D eigenvalue weighted by atomic mass is 19.2. The van der Waals surface area contributed by atoms with E-state index in [1.54, 1.807) is 0 Å². The van der Waals surface area contributed by atoms with E-state index in [9.17, 15) is 22.4 Å². The summed E-state index contributed by atoms with van der Waals surface area (Å²) < 4.78 is 51.6. The third-order valence-electron chi connectivity index (χ3n) is 2.56. The summed E-state index contributed by atoms with van der Waals surface area (Å²) in [7, 11) is 0. The highest BCUT2D eigenvalue weighted by molar-refractivity contribution is 5.97. The summed E-state index contributed by atoms with van der Waals surface area (Å²) >= 11 is 0. The maximum atomic E-state index is 13.0. The molecule has 2 aromatic carbocycles. The highest BCUT2D eigenvalue weighted by Crippen LogP contribution is 2.16. The number of carbonyl (C=O) groups is 1. The fraction of sp³-hybridized carbons (Fsp3) is 0.0714. The maximum absolute atomic E-state index is 13.0. The minimum Gasteiger partial charge on any atom is -0.294 e. The molecule has 0 bridgehead atoms. The van der Waals surface area contributed by atoms with Crippen molar-refractivity contribution >= 4 is 5.78 Å². The van der Waals surface area contributed by atoms with Gasteiger partial charge in [-0.15, -0.1) is 0 Å². The van der Waals surface area contributed by atoms with E-state index >= 15 is 0 Å². The molecule has 0 radical (unpaired) electrons. The van der Waals surface area contributed by atoms with Crippen LogP contribution in [0.25, 0.3) is 0 Å². The van der Waals surface area contributed by atoms with Crippen LogP contribution >= 0.6 is 0 Å². The standard InChI is InChI=1S/C14H8F4O/c15-10-3-1-2-8(4-10)5-13(19)9-6-11(16)14(18)12(17)7-9/h1-4,6-7H,5H2. The van der Waals surface area contributed by atoms with Crippen molar-refractivity contribution in [2.45, 2.75) is 6.42 Å². The van der Waals surface area contributed by atoms with Crippen molar-refractivity contribution in [3.63, 3.8) is 0 Å². The zero-order valence-electron chi connectivity index (χ0n) is 9.59. The van der Waals surface area contributed by atoms with Crippen LogP contribution in [0.4, 0.5) is 17.6 Å². The Morgan fingerprint density at radius 3 is 2.16 bits per heavy atom. The third kappa shape index (κ3) is 2.99. The van der Waals surface area contributed by atoms with Crippen LogP contribution in [0, 0.1) is 23.3 Å². The third-order valence-corrected chi connectivity index (χ3v) is 2.56. The lowest BCUT2D eigenvalue weighted by Crippen LogP contribution is -2.06. The first-order valence-corrected chi connectivity index (χ1v) is 5.39. The van der Waals surface area contributed by atoms with Gasteiger partial charge in [0.1, 0.15) is 5.82 Å². The second-order valence-corrected chi connectivity index (χ2v) is 3.98. The Hall–Kier alpha value is -2.17. The molecule has 0 amide bonds. The average molecular weight is 268 g/mol. The van der Waals surface area contributed by atoms with Crippen molar-refractivity contribution in [2.75, 3.05) is 0 Å². The van der Waals surface area contributed by atoms with Gasteiger partial charge in [-0.1, -0.05) is 12.1 Å². The SMILES string of the molecule is O=C(Cc1cccc(F)c1)c1cc(F)c(F)c(F)c1. The molecule has 0 fully saturated rings. The summed E-state index contributed by atoms with van der Waals surface area (Å²) in [6.07, 6.45) is -0.220. The number of hydrogen-bond acceptors (Lipinski definition) is 1. The summed E-state index contributed by atoms with van der Waals surface area (Å²) in [6, 6.07) is 6.54. The molecule has 0 aliphatic carbocycles. The van der Waals surface area contributed by atoms with Crippen molar-refractivity contribution in [3.8, 4) is 0 Å². The minimum atomic E-state index is -1.62. The molecule has 0 N–H and O–H groups in total. The van der Waals surface area contributed by atoms with Crippen LogP contribution in [0.15, 0.2) is 36.4 Å². The molecule has 19 heavy (non-hydrogen) atoms. The fourth-order valence-electron chi connectivity index (χ4n) is 1.65. The lowest BCUT2D eigenvalue weighted by molar-refractivity contribution is 0.0992. The molecular formula is C14H8F4O. The van der Waals surface area contributed by atoms with E-state index in [-0.39, 0.29) is 12.0 Å². The lowest BCUT2D eigenvalue weighted by Gasteiger charge is -2.03. The summed E-state index contributed by atoms with van der Waals surface area (Å²) in [5.74, 6) is -5.61. The molecule has 0 aliphatic rings. The summed E-state index contributed by atoms with van der Waals surface area (Å²) in [6.45, 7) is 0. The predicted molar refractivity (Wildman–Crippen MR) is 60.8 cm³/mol. The molecule has 0 aromatic heterocycles. The molecule has 98 valence electrons. The summed E-state index contributed by atoms with van der Waals surface area (Å²) in [4.78, 5) is 11.8. The Kier molecular flexibility index (Phi) is 3.64. The Balaban J connectivity index is 2.25. The van der Waals surface area contributed by atoms with Gasteiger partial charge >= 0.3 is 0 Å². The molecule has 0 saturated heterocycles. The van der Waals surface area contributed by atoms with Gasteiger partial charge in [-0.05, 0) is 29.8 Å². The van der Waals surface area contributed by atoms with E-state index in [4.69, 9.17) is 0 Å². The molecule has 0 unspecified atom stereocenters. The van der Waals surface area contributed by atoms with Crippen LogP contribution in [0.1, 0.15) is 15.9 Å². The number of hydrogen-bond donors (Lipinski definition) is 0. The smallest absolute Gasteiger partial charge is 0.194 e. The molecule has 0 heterocycles. The van der Waals surface area contributed by atoms with Crippen LogP contribution in [-0.2, 0) is 6.42 Å². The normalized spacial score (nSPS) is 10.5. The Labute approximate surface area is 106 Å². The van der Waals surface area contributed by atoms with Gasteiger partial charge in [-0.2, -0.15) is 0 Å². The fourth-order valence-corrected chi connectivity index (χ4v) is 1.65. The van der Waals surface area contributed by atoms with Crippen molar-refractivity contribution in [2.24, 2.45) is 0 Å². The first-order valence-electron chi connectivity index (χ1n) is 5.39. The van der Waals surface area contributed by atoms with E-state index in [0.717, 1.165) is 6.07 Å². The van der Waals surface area contributed by atoms with Gasteiger partial charge in [0.25, 0.3) is 0 Å².